The number of hydrogen-bond acceptors (Lipinski definition) is 3. The van der Waals surface area contributed by atoms with Gasteiger partial charge in [-0.25, -0.2) is 0 Å². The summed E-state index contributed by atoms with van der Waals surface area (Å²) in [5.41, 5.74) is -0.182. The fourth-order valence-corrected chi connectivity index (χ4v) is 2.73. The number of nitrogens with one attached hydrogen (secondary N) is 1. The minimum absolute atomic E-state index is 0.182. The topological polar surface area (TPSA) is 56.0 Å². The lowest BCUT2D eigenvalue weighted by molar-refractivity contribution is 0.153. The van der Waals surface area contributed by atoms with E-state index in [4.69, 9.17) is 5.26 Å². The zero-order valence-electron chi connectivity index (χ0n) is 11.9. The van der Waals surface area contributed by atoms with Crippen molar-refractivity contribution in [1.29, 1.82) is 5.26 Å². The van der Waals surface area contributed by atoms with Gasteiger partial charge in [0.05, 0.1) is 11.5 Å². The van der Waals surface area contributed by atoms with Crippen LogP contribution in [0.5, 0.6) is 0 Å². The minimum atomic E-state index is -0.182. The maximum Gasteiger partial charge on any atom is 0.0683 e. The Morgan fingerprint density at radius 1 is 1.28 bits per heavy atom. The van der Waals surface area contributed by atoms with Gasteiger partial charge in [0.15, 0.2) is 0 Å². The van der Waals surface area contributed by atoms with Crippen LogP contribution in [-0.2, 0) is 0 Å². The smallest absolute Gasteiger partial charge is 0.0683 e. The molecule has 0 saturated heterocycles. The fraction of sp³-hybridized carbons (Fsp3) is 0.933. The van der Waals surface area contributed by atoms with E-state index in [2.05, 4.69) is 11.4 Å². The third kappa shape index (κ3) is 5.37. The Balaban J connectivity index is 2.12. The second-order valence-electron chi connectivity index (χ2n) is 6.24. The van der Waals surface area contributed by atoms with E-state index in [0.29, 0.717) is 18.6 Å². The molecule has 0 radical (unpaired) electrons. The van der Waals surface area contributed by atoms with E-state index < -0.39 is 0 Å². The normalized spacial score (nSPS) is 24.8. The number of nitrogens with zero attached hydrogens (tertiary/aromatic N) is 1. The molecule has 1 rings (SSSR count). The van der Waals surface area contributed by atoms with Crippen LogP contribution in [0, 0.1) is 22.7 Å². The van der Waals surface area contributed by atoms with Gasteiger partial charge in [-0.2, -0.15) is 5.26 Å². The zero-order valence-corrected chi connectivity index (χ0v) is 11.9. The maximum atomic E-state index is 9.33. The molecule has 1 fully saturated rings. The Morgan fingerprint density at radius 3 is 2.67 bits per heavy atom. The van der Waals surface area contributed by atoms with Gasteiger partial charge in [-0.1, -0.05) is 19.3 Å². The van der Waals surface area contributed by atoms with Crippen LogP contribution in [0.1, 0.15) is 58.8 Å². The van der Waals surface area contributed by atoms with Crippen LogP contribution in [0.4, 0.5) is 0 Å². The fourth-order valence-electron chi connectivity index (χ4n) is 2.73. The van der Waals surface area contributed by atoms with E-state index in [1.165, 1.54) is 19.3 Å². The molecule has 2 N–H and O–H groups in total. The highest BCUT2D eigenvalue weighted by atomic mass is 16.3. The molecule has 0 aromatic carbocycles. The molecule has 1 saturated carbocycles. The summed E-state index contributed by atoms with van der Waals surface area (Å²) >= 11 is 0. The van der Waals surface area contributed by atoms with Crippen LogP contribution in [0.25, 0.3) is 0 Å². The molecule has 2 atom stereocenters. The Hall–Kier alpha value is -0.590. The molecule has 2 unspecified atom stereocenters. The first-order chi connectivity index (χ1) is 8.59. The van der Waals surface area contributed by atoms with Gasteiger partial charge in [0.2, 0.25) is 0 Å². The molecule has 3 nitrogen and oxygen atoms in total. The molecule has 0 aliphatic heterocycles. The molecule has 0 amide bonds. The number of rotatable bonds is 7. The zero-order chi connectivity index (χ0) is 13.4. The third-order valence-electron chi connectivity index (χ3n) is 4.08. The summed E-state index contributed by atoms with van der Waals surface area (Å²) in [6.07, 6.45) is 8.11. The van der Waals surface area contributed by atoms with Crippen molar-refractivity contribution >= 4 is 0 Å². The number of hydrogen-bond donors (Lipinski definition) is 2. The minimum Gasteiger partial charge on any atom is -0.396 e. The second-order valence-corrected chi connectivity index (χ2v) is 6.24. The summed E-state index contributed by atoms with van der Waals surface area (Å²) in [5.74, 6) is 0.453. The Morgan fingerprint density at radius 2 is 2.00 bits per heavy atom. The van der Waals surface area contributed by atoms with Crippen molar-refractivity contribution in [2.75, 3.05) is 13.2 Å². The van der Waals surface area contributed by atoms with Gasteiger partial charge in [-0.3, -0.25) is 0 Å². The van der Waals surface area contributed by atoms with Crippen LogP contribution >= 0.6 is 0 Å². The number of nitriles is 1. The SMILES string of the molecule is CC(C)(C#N)CCCCNC1CCCCC1CO. The molecule has 0 bridgehead atoms. The van der Waals surface area contributed by atoms with Crippen LogP contribution in [0.3, 0.4) is 0 Å². The summed E-state index contributed by atoms with van der Waals surface area (Å²) in [5, 5.41) is 21.8. The first kappa shape index (κ1) is 15.5. The van der Waals surface area contributed by atoms with Gasteiger partial charge < -0.3 is 10.4 Å². The average molecular weight is 252 g/mol. The molecule has 1 aliphatic carbocycles. The Kier molecular flexibility index (Phi) is 6.67. The van der Waals surface area contributed by atoms with Crippen LogP contribution in [0.2, 0.25) is 0 Å². The second kappa shape index (κ2) is 7.76. The highest BCUT2D eigenvalue weighted by Gasteiger charge is 2.23. The van der Waals surface area contributed by atoms with E-state index in [-0.39, 0.29) is 5.41 Å². The summed E-state index contributed by atoms with van der Waals surface area (Å²) in [6.45, 7) is 5.34. The van der Waals surface area contributed by atoms with E-state index in [9.17, 15) is 5.11 Å². The molecule has 18 heavy (non-hydrogen) atoms. The van der Waals surface area contributed by atoms with E-state index in [0.717, 1.165) is 32.2 Å². The Labute approximate surface area is 112 Å². The molecule has 0 heterocycles. The molecule has 3 heteroatoms. The first-order valence-electron chi connectivity index (χ1n) is 7.34. The summed E-state index contributed by atoms with van der Waals surface area (Å²) < 4.78 is 0. The van der Waals surface area contributed by atoms with Gasteiger partial charge in [0.1, 0.15) is 0 Å². The number of aliphatic hydroxyl groups is 1. The molecule has 0 aromatic heterocycles. The average Bonchev–Trinajstić information content (AvgIpc) is 2.38. The Bertz CT molecular complexity index is 270. The number of aliphatic hydroxyl groups excluding tert-OH is 1. The molecule has 1 aliphatic rings. The standard InChI is InChI=1S/C15H28N2O/c1-15(2,12-16)9-5-6-10-17-14-8-4-3-7-13(14)11-18/h13-14,17-18H,3-11H2,1-2H3. The van der Waals surface area contributed by atoms with E-state index in [1.807, 2.05) is 13.8 Å². The lowest BCUT2D eigenvalue weighted by atomic mass is 9.85. The van der Waals surface area contributed by atoms with Gasteiger partial charge in [-0.05, 0) is 52.0 Å². The molecule has 0 spiro atoms. The first-order valence-corrected chi connectivity index (χ1v) is 7.34. The summed E-state index contributed by atoms with van der Waals surface area (Å²) in [4.78, 5) is 0. The van der Waals surface area contributed by atoms with Gasteiger partial charge >= 0.3 is 0 Å². The predicted octanol–water partition coefficient (Wildman–Crippen LogP) is 2.85. The monoisotopic (exact) mass is 252 g/mol. The van der Waals surface area contributed by atoms with Gasteiger partial charge in [0, 0.05) is 12.6 Å². The van der Waals surface area contributed by atoms with Crippen molar-refractivity contribution in [3.05, 3.63) is 0 Å². The van der Waals surface area contributed by atoms with E-state index >= 15 is 0 Å². The third-order valence-corrected chi connectivity index (χ3v) is 4.08. The summed E-state index contributed by atoms with van der Waals surface area (Å²) in [7, 11) is 0. The van der Waals surface area contributed by atoms with Crippen LogP contribution in [-0.4, -0.2) is 24.3 Å². The van der Waals surface area contributed by atoms with Crippen molar-refractivity contribution in [1.82, 2.24) is 5.32 Å². The maximum absolute atomic E-state index is 9.33. The largest absolute Gasteiger partial charge is 0.396 e. The quantitative estimate of drug-likeness (QED) is 0.685. The number of unbranched alkanes of at least 4 members (excludes halogenated alkanes) is 1. The van der Waals surface area contributed by atoms with Crippen molar-refractivity contribution in [3.8, 4) is 6.07 Å². The van der Waals surface area contributed by atoms with Crippen LogP contribution in [0.15, 0.2) is 0 Å². The molecule has 0 aromatic rings. The molecular formula is C15H28N2O. The van der Waals surface area contributed by atoms with Crippen molar-refractivity contribution < 1.29 is 5.11 Å². The highest BCUT2D eigenvalue weighted by Crippen LogP contribution is 2.24. The predicted molar refractivity (Wildman–Crippen MR) is 74.1 cm³/mol. The lowest BCUT2D eigenvalue weighted by Gasteiger charge is -2.31. The lowest BCUT2D eigenvalue weighted by Crippen LogP contribution is -2.40. The van der Waals surface area contributed by atoms with Crippen LogP contribution < -0.4 is 5.32 Å². The van der Waals surface area contributed by atoms with E-state index in [1.54, 1.807) is 0 Å². The van der Waals surface area contributed by atoms with Crippen molar-refractivity contribution in [2.24, 2.45) is 11.3 Å². The molecule has 104 valence electrons. The highest BCUT2D eigenvalue weighted by molar-refractivity contribution is 4.91. The van der Waals surface area contributed by atoms with Gasteiger partial charge in [0.25, 0.3) is 0 Å². The molecular weight excluding hydrogens is 224 g/mol. The van der Waals surface area contributed by atoms with Crippen molar-refractivity contribution in [2.45, 2.75) is 64.8 Å². The van der Waals surface area contributed by atoms with Crippen molar-refractivity contribution in [3.63, 3.8) is 0 Å². The van der Waals surface area contributed by atoms with Gasteiger partial charge in [-0.15, -0.1) is 0 Å². The summed E-state index contributed by atoms with van der Waals surface area (Å²) in [6, 6.07) is 2.85.